The Morgan fingerprint density at radius 1 is 0.968 bits per heavy atom. The number of nitrogens with zero attached hydrogens (tertiary/aromatic N) is 1. The molecule has 0 radical (unpaired) electrons. The Kier molecular flexibility index (Phi) is 5.53. The number of halogens is 1. The van der Waals surface area contributed by atoms with Gasteiger partial charge in [0.2, 0.25) is 11.2 Å². The second kappa shape index (κ2) is 8.28. The van der Waals surface area contributed by atoms with Crippen molar-refractivity contribution >= 4 is 34.2 Å². The number of hydrogen-bond donors (Lipinski definition) is 0. The summed E-state index contributed by atoms with van der Waals surface area (Å²) in [6.45, 7) is 1.96. The Morgan fingerprint density at radius 2 is 1.65 bits per heavy atom. The van der Waals surface area contributed by atoms with Crippen LogP contribution in [0, 0.1) is 6.92 Å². The zero-order chi connectivity index (χ0) is 22.1. The summed E-state index contributed by atoms with van der Waals surface area (Å²) in [5.74, 6) is -0.620. The molecule has 4 aromatic rings. The van der Waals surface area contributed by atoms with Gasteiger partial charge in [-0.15, -0.1) is 0 Å². The van der Waals surface area contributed by atoms with Crippen molar-refractivity contribution in [3.05, 3.63) is 93.1 Å². The zero-order valence-electron chi connectivity index (χ0n) is 17.3. The van der Waals surface area contributed by atoms with Crippen molar-refractivity contribution in [1.82, 2.24) is 0 Å². The first-order valence-corrected chi connectivity index (χ1v) is 10.0. The Hall–Kier alpha value is -3.57. The molecule has 156 valence electrons. The van der Waals surface area contributed by atoms with Crippen molar-refractivity contribution in [3.63, 3.8) is 0 Å². The van der Waals surface area contributed by atoms with Crippen molar-refractivity contribution in [3.8, 4) is 17.1 Å². The normalized spacial score (nSPS) is 10.8. The summed E-state index contributed by atoms with van der Waals surface area (Å²) in [6.07, 6.45) is 0. The van der Waals surface area contributed by atoms with E-state index in [0.29, 0.717) is 21.7 Å². The first-order valence-electron chi connectivity index (χ1n) is 9.66. The minimum Gasteiger partial charge on any atom is -0.452 e. The average molecular weight is 434 g/mol. The second-order valence-corrected chi connectivity index (χ2v) is 7.86. The van der Waals surface area contributed by atoms with E-state index >= 15 is 0 Å². The van der Waals surface area contributed by atoms with Gasteiger partial charge in [0.25, 0.3) is 0 Å². The second-order valence-electron chi connectivity index (χ2n) is 7.43. The Bertz CT molecular complexity index is 1320. The maximum absolute atomic E-state index is 13.2. The molecule has 0 aliphatic rings. The van der Waals surface area contributed by atoms with Gasteiger partial charge in [0.05, 0.1) is 10.9 Å². The van der Waals surface area contributed by atoms with Gasteiger partial charge in [-0.25, -0.2) is 4.79 Å². The van der Waals surface area contributed by atoms with E-state index in [9.17, 15) is 9.59 Å². The molecule has 6 heteroatoms. The molecule has 0 saturated heterocycles. The Balaban J connectivity index is 1.83. The summed E-state index contributed by atoms with van der Waals surface area (Å²) in [5, 5.41) is 0.633. The van der Waals surface area contributed by atoms with Crippen LogP contribution in [0.1, 0.15) is 15.9 Å². The topological polar surface area (TPSA) is 59.8 Å². The van der Waals surface area contributed by atoms with Crippen LogP contribution in [0.15, 0.2) is 75.9 Å². The minimum absolute atomic E-state index is 0.166. The van der Waals surface area contributed by atoms with E-state index in [0.717, 1.165) is 11.3 Å². The number of esters is 1. The highest BCUT2D eigenvalue weighted by atomic mass is 35.5. The molecule has 0 aliphatic heterocycles. The van der Waals surface area contributed by atoms with E-state index in [1.165, 1.54) is 6.07 Å². The third-order valence-electron chi connectivity index (χ3n) is 4.94. The van der Waals surface area contributed by atoms with E-state index in [-0.39, 0.29) is 16.9 Å². The van der Waals surface area contributed by atoms with Gasteiger partial charge >= 0.3 is 5.97 Å². The van der Waals surface area contributed by atoms with Crippen molar-refractivity contribution < 1.29 is 13.9 Å². The van der Waals surface area contributed by atoms with Crippen molar-refractivity contribution in [2.24, 2.45) is 0 Å². The number of anilines is 1. The summed E-state index contributed by atoms with van der Waals surface area (Å²) in [5.41, 5.74) is 2.85. The minimum atomic E-state index is -0.646. The molecule has 0 atom stereocenters. The standard InChI is InChI=1S/C25H20ClNO4/c1-15-4-6-16(7-5-15)23-24(22(28)20-14-18(26)10-13-21(20)30-23)31-25(29)17-8-11-19(12-9-17)27(2)3/h4-14H,1-3H3. The first-order chi connectivity index (χ1) is 14.8. The molecule has 31 heavy (non-hydrogen) atoms. The zero-order valence-corrected chi connectivity index (χ0v) is 18.1. The number of carbonyl (C=O) groups is 1. The smallest absolute Gasteiger partial charge is 0.343 e. The van der Waals surface area contributed by atoms with Gasteiger partial charge in [0.1, 0.15) is 5.58 Å². The molecule has 3 aromatic carbocycles. The van der Waals surface area contributed by atoms with Gasteiger partial charge in [-0.3, -0.25) is 4.79 Å². The Morgan fingerprint density at radius 3 is 2.29 bits per heavy atom. The van der Waals surface area contributed by atoms with Crippen LogP contribution in [0.3, 0.4) is 0 Å². The SMILES string of the molecule is Cc1ccc(-c2oc3ccc(Cl)cc3c(=O)c2OC(=O)c2ccc(N(C)C)cc2)cc1. The summed E-state index contributed by atoms with van der Waals surface area (Å²) >= 11 is 6.07. The number of rotatable bonds is 4. The third kappa shape index (κ3) is 4.18. The van der Waals surface area contributed by atoms with E-state index in [2.05, 4.69) is 0 Å². The fourth-order valence-electron chi connectivity index (χ4n) is 3.19. The summed E-state index contributed by atoms with van der Waals surface area (Å²) in [6, 6.07) is 19.1. The molecule has 1 heterocycles. The van der Waals surface area contributed by atoms with E-state index in [1.807, 2.05) is 50.2 Å². The van der Waals surface area contributed by atoms with Crippen LogP contribution in [-0.4, -0.2) is 20.1 Å². The fraction of sp³-hybridized carbons (Fsp3) is 0.120. The van der Waals surface area contributed by atoms with E-state index in [1.54, 1.807) is 36.4 Å². The number of fused-ring (bicyclic) bond motifs is 1. The average Bonchev–Trinajstić information content (AvgIpc) is 2.76. The van der Waals surface area contributed by atoms with Crippen LogP contribution in [0.2, 0.25) is 5.02 Å². The molecule has 0 N–H and O–H groups in total. The molecular formula is C25H20ClNO4. The number of hydrogen-bond acceptors (Lipinski definition) is 5. The quantitative estimate of drug-likeness (QED) is 0.386. The van der Waals surface area contributed by atoms with Crippen LogP contribution in [0.4, 0.5) is 5.69 Å². The monoisotopic (exact) mass is 433 g/mol. The van der Waals surface area contributed by atoms with Gasteiger partial charge in [0, 0.05) is 30.4 Å². The number of carbonyl (C=O) groups excluding carboxylic acids is 1. The number of benzene rings is 3. The van der Waals surface area contributed by atoms with Gasteiger partial charge in [0.15, 0.2) is 5.76 Å². The predicted molar refractivity (Wildman–Crippen MR) is 123 cm³/mol. The summed E-state index contributed by atoms with van der Waals surface area (Å²) < 4.78 is 11.6. The first kappa shape index (κ1) is 20.7. The molecule has 0 aliphatic carbocycles. The lowest BCUT2D eigenvalue weighted by Gasteiger charge is -2.13. The highest BCUT2D eigenvalue weighted by molar-refractivity contribution is 6.31. The van der Waals surface area contributed by atoms with Gasteiger partial charge in [-0.1, -0.05) is 41.4 Å². The van der Waals surface area contributed by atoms with Crippen LogP contribution < -0.4 is 15.1 Å². The molecule has 0 spiro atoms. The lowest BCUT2D eigenvalue weighted by Crippen LogP contribution is -2.16. The maximum atomic E-state index is 13.2. The van der Waals surface area contributed by atoms with E-state index in [4.69, 9.17) is 20.8 Å². The van der Waals surface area contributed by atoms with Crippen LogP contribution in [0.25, 0.3) is 22.3 Å². The molecule has 4 rings (SSSR count). The highest BCUT2D eigenvalue weighted by Crippen LogP contribution is 2.32. The largest absolute Gasteiger partial charge is 0.452 e. The van der Waals surface area contributed by atoms with Gasteiger partial charge < -0.3 is 14.1 Å². The van der Waals surface area contributed by atoms with Crippen molar-refractivity contribution in [2.75, 3.05) is 19.0 Å². The predicted octanol–water partition coefficient (Wildman–Crippen LogP) is 5.71. The van der Waals surface area contributed by atoms with Gasteiger partial charge in [-0.05, 0) is 49.4 Å². The molecule has 5 nitrogen and oxygen atoms in total. The molecule has 0 fully saturated rings. The lowest BCUT2D eigenvalue weighted by atomic mass is 10.1. The highest BCUT2D eigenvalue weighted by Gasteiger charge is 2.21. The molecule has 1 aromatic heterocycles. The van der Waals surface area contributed by atoms with Crippen molar-refractivity contribution in [1.29, 1.82) is 0 Å². The fourth-order valence-corrected chi connectivity index (χ4v) is 3.36. The number of ether oxygens (including phenoxy) is 1. The van der Waals surface area contributed by atoms with Crippen LogP contribution >= 0.6 is 11.6 Å². The summed E-state index contributed by atoms with van der Waals surface area (Å²) in [7, 11) is 3.82. The molecule has 0 amide bonds. The van der Waals surface area contributed by atoms with Crippen LogP contribution in [-0.2, 0) is 0 Å². The summed E-state index contributed by atoms with van der Waals surface area (Å²) in [4.78, 5) is 28.0. The maximum Gasteiger partial charge on any atom is 0.343 e. The van der Waals surface area contributed by atoms with Gasteiger partial charge in [-0.2, -0.15) is 0 Å². The lowest BCUT2D eigenvalue weighted by molar-refractivity contribution is 0.0731. The molecular weight excluding hydrogens is 414 g/mol. The van der Waals surface area contributed by atoms with E-state index < -0.39 is 11.4 Å². The van der Waals surface area contributed by atoms with Crippen LogP contribution in [0.5, 0.6) is 5.75 Å². The molecule has 0 bridgehead atoms. The van der Waals surface area contributed by atoms with Crippen molar-refractivity contribution in [2.45, 2.75) is 6.92 Å². The molecule has 0 unspecified atom stereocenters. The number of aryl methyl sites for hydroxylation is 1. The Labute approximate surface area is 184 Å². The third-order valence-corrected chi connectivity index (χ3v) is 5.17. The molecule has 0 saturated carbocycles.